The molecule has 0 saturated carbocycles. The van der Waals surface area contributed by atoms with Gasteiger partial charge in [0.15, 0.2) is 28.6 Å². The van der Waals surface area contributed by atoms with Crippen LogP contribution in [0.2, 0.25) is 0 Å². The summed E-state index contributed by atoms with van der Waals surface area (Å²) in [7, 11) is 1.49. The van der Waals surface area contributed by atoms with Crippen LogP contribution >= 0.6 is 0 Å². The number of fused-ring (bicyclic) bond motifs is 2. The third-order valence-electron chi connectivity index (χ3n) is 3.71. The number of benzene rings is 2. The van der Waals surface area contributed by atoms with Gasteiger partial charge < -0.3 is 23.7 Å². The highest BCUT2D eigenvalue weighted by Gasteiger charge is 2.20. The highest BCUT2D eigenvalue weighted by Crippen LogP contribution is 2.39. The van der Waals surface area contributed by atoms with E-state index < -0.39 is 11.2 Å². The number of hydrogen-bond donors (Lipinski definition) is 1. The fourth-order valence-electron chi connectivity index (χ4n) is 2.58. The Hall–Kier alpha value is -3.15. The zero-order valence-electron chi connectivity index (χ0n) is 12.2. The van der Waals surface area contributed by atoms with Crippen molar-refractivity contribution in [3.8, 4) is 34.3 Å². The number of para-hydroxylation sites is 1. The first-order valence-electron chi connectivity index (χ1n) is 6.92. The highest BCUT2D eigenvalue weighted by atomic mass is 16.7. The molecule has 23 heavy (non-hydrogen) atoms. The van der Waals surface area contributed by atoms with Crippen molar-refractivity contribution in [2.24, 2.45) is 0 Å². The first-order valence-corrected chi connectivity index (χ1v) is 6.92. The van der Waals surface area contributed by atoms with E-state index >= 15 is 0 Å². The summed E-state index contributed by atoms with van der Waals surface area (Å²) < 4.78 is 21.6. The maximum atomic E-state index is 12.4. The maximum Gasteiger partial charge on any atom is 0.235 e. The van der Waals surface area contributed by atoms with E-state index in [0.717, 1.165) is 0 Å². The Labute approximate surface area is 130 Å². The van der Waals surface area contributed by atoms with Crippen molar-refractivity contribution in [1.82, 2.24) is 0 Å². The van der Waals surface area contributed by atoms with Crippen LogP contribution in [0, 0.1) is 0 Å². The van der Waals surface area contributed by atoms with Gasteiger partial charge in [0.2, 0.25) is 18.0 Å². The molecular weight excluding hydrogens is 300 g/mol. The topological polar surface area (TPSA) is 78.1 Å². The van der Waals surface area contributed by atoms with Crippen molar-refractivity contribution in [2.45, 2.75) is 0 Å². The Kier molecular flexibility index (Phi) is 2.90. The monoisotopic (exact) mass is 312 g/mol. The van der Waals surface area contributed by atoms with Gasteiger partial charge in [-0.05, 0) is 30.3 Å². The van der Waals surface area contributed by atoms with Gasteiger partial charge in [-0.15, -0.1) is 0 Å². The minimum absolute atomic E-state index is 0.0605. The van der Waals surface area contributed by atoms with Crippen molar-refractivity contribution in [3.63, 3.8) is 0 Å². The lowest BCUT2D eigenvalue weighted by molar-refractivity contribution is 0.174. The van der Waals surface area contributed by atoms with Crippen LogP contribution in [0.5, 0.6) is 23.0 Å². The fourth-order valence-corrected chi connectivity index (χ4v) is 2.58. The van der Waals surface area contributed by atoms with Crippen molar-refractivity contribution >= 4 is 11.0 Å². The fraction of sp³-hybridized carbons (Fsp3) is 0.118. The molecule has 0 aliphatic carbocycles. The summed E-state index contributed by atoms with van der Waals surface area (Å²) in [6.07, 6.45) is 0. The van der Waals surface area contributed by atoms with E-state index in [0.29, 0.717) is 22.8 Å². The molecule has 4 rings (SSSR count). The average molecular weight is 312 g/mol. The summed E-state index contributed by atoms with van der Waals surface area (Å²) in [4.78, 5) is 12.4. The molecule has 0 spiro atoms. The lowest BCUT2D eigenvalue weighted by atomic mass is 10.1. The molecule has 1 aliphatic heterocycles. The molecule has 0 radical (unpaired) electrons. The Balaban J connectivity index is 2.00. The number of rotatable bonds is 2. The Morgan fingerprint density at radius 3 is 2.78 bits per heavy atom. The summed E-state index contributed by atoms with van der Waals surface area (Å²) in [6.45, 7) is 0.139. The predicted molar refractivity (Wildman–Crippen MR) is 82.3 cm³/mol. The average Bonchev–Trinajstić information content (AvgIpc) is 3.05. The molecular formula is C17H12O6. The second-order valence-electron chi connectivity index (χ2n) is 5.01. The molecule has 3 aromatic rings. The molecule has 2 heterocycles. The van der Waals surface area contributed by atoms with E-state index in [1.165, 1.54) is 7.11 Å². The lowest BCUT2D eigenvalue weighted by Crippen LogP contribution is -2.03. The van der Waals surface area contributed by atoms with Crippen LogP contribution < -0.4 is 19.6 Å². The zero-order chi connectivity index (χ0) is 16.0. The lowest BCUT2D eigenvalue weighted by Gasteiger charge is -2.09. The molecule has 2 aromatic carbocycles. The van der Waals surface area contributed by atoms with Crippen LogP contribution in [0.4, 0.5) is 0 Å². The van der Waals surface area contributed by atoms with Gasteiger partial charge >= 0.3 is 0 Å². The highest BCUT2D eigenvalue weighted by molar-refractivity contribution is 5.86. The normalized spacial score (nSPS) is 12.6. The SMILES string of the molecule is COc1cccc2c(=O)c(O)c(-c3ccc4c(c3)OCO4)oc12. The number of hydrogen-bond acceptors (Lipinski definition) is 6. The zero-order valence-corrected chi connectivity index (χ0v) is 12.2. The Morgan fingerprint density at radius 2 is 1.96 bits per heavy atom. The molecule has 0 fully saturated rings. The first-order chi connectivity index (χ1) is 11.2. The van der Waals surface area contributed by atoms with Gasteiger partial charge in [-0.2, -0.15) is 0 Å². The predicted octanol–water partition coefficient (Wildman–Crippen LogP) is 2.90. The van der Waals surface area contributed by atoms with Crippen LogP contribution in [0.25, 0.3) is 22.3 Å². The van der Waals surface area contributed by atoms with Gasteiger partial charge in [-0.25, -0.2) is 0 Å². The van der Waals surface area contributed by atoms with E-state index in [1.807, 2.05) is 0 Å². The van der Waals surface area contributed by atoms with E-state index in [2.05, 4.69) is 0 Å². The van der Waals surface area contributed by atoms with Gasteiger partial charge in [0.1, 0.15) is 0 Å². The second-order valence-corrected chi connectivity index (χ2v) is 5.01. The van der Waals surface area contributed by atoms with Gasteiger partial charge in [0.25, 0.3) is 0 Å². The molecule has 1 aromatic heterocycles. The largest absolute Gasteiger partial charge is 0.502 e. The van der Waals surface area contributed by atoms with E-state index in [9.17, 15) is 9.90 Å². The quantitative estimate of drug-likeness (QED) is 0.784. The van der Waals surface area contributed by atoms with Crippen molar-refractivity contribution in [2.75, 3.05) is 13.9 Å². The summed E-state index contributed by atoms with van der Waals surface area (Å²) in [5.41, 5.74) is 0.278. The van der Waals surface area contributed by atoms with Crippen LogP contribution in [0.3, 0.4) is 0 Å². The van der Waals surface area contributed by atoms with Crippen molar-refractivity contribution < 1.29 is 23.7 Å². The minimum Gasteiger partial charge on any atom is -0.502 e. The van der Waals surface area contributed by atoms with Gasteiger partial charge in [-0.1, -0.05) is 6.07 Å². The van der Waals surface area contributed by atoms with E-state index in [-0.39, 0.29) is 23.5 Å². The minimum atomic E-state index is -0.516. The number of ether oxygens (including phenoxy) is 3. The first kappa shape index (κ1) is 13.5. The van der Waals surface area contributed by atoms with Crippen LogP contribution in [0.1, 0.15) is 0 Å². The third-order valence-corrected chi connectivity index (χ3v) is 3.71. The summed E-state index contributed by atoms with van der Waals surface area (Å²) >= 11 is 0. The van der Waals surface area contributed by atoms with E-state index in [1.54, 1.807) is 36.4 Å². The molecule has 0 bridgehead atoms. The van der Waals surface area contributed by atoms with Crippen LogP contribution in [0.15, 0.2) is 45.6 Å². The standard InChI is InChI=1S/C17H12O6/c1-20-12-4-2-3-10-14(18)15(19)16(23-17(10)12)9-5-6-11-13(7-9)22-8-21-11/h2-7,19H,8H2,1H3. The van der Waals surface area contributed by atoms with E-state index in [4.69, 9.17) is 18.6 Å². The molecule has 0 unspecified atom stereocenters. The summed E-state index contributed by atoms with van der Waals surface area (Å²) in [5, 5.41) is 10.5. The Bertz CT molecular complexity index is 973. The smallest absolute Gasteiger partial charge is 0.235 e. The maximum absolute atomic E-state index is 12.4. The molecule has 6 nitrogen and oxygen atoms in total. The number of methoxy groups -OCH3 is 1. The second kappa shape index (κ2) is 4.95. The van der Waals surface area contributed by atoms with Crippen LogP contribution in [-0.4, -0.2) is 19.0 Å². The Morgan fingerprint density at radius 1 is 1.13 bits per heavy atom. The van der Waals surface area contributed by atoms with Gasteiger partial charge in [0, 0.05) is 5.56 Å². The van der Waals surface area contributed by atoms with Gasteiger partial charge in [-0.3, -0.25) is 4.79 Å². The van der Waals surface area contributed by atoms with Crippen molar-refractivity contribution in [1.29, 1.82) is 0 Å². The van der Waals surface area contributed by atoms with Crippen LogP contribution in [-0.2, 0) is 0 Å². The van der Waals surface area contributed by atoms with Crippen molar-refractivity contribution in [3.05, 3.63) is 46.6 Å². The molecule has 6 heteroatoms. The summed E-state index contributed by atoms with van der Waals surface area (Å²) in [5.74, 6) is 1.16. The molecule has 1 aliphatic rings. The molecule has 1 N–H and O–H groups in total. The summed E-state index contributed by atoms with van der Waals surface area (Å²) in [6, 6.07) is 9.97. The molecule has 0 amide bonds. The molecule has 0 saturated heterocycles. The van der Waals surface area contributed by atoms with Gasteiger partial charge in [0.05, 0.1) is 12.5 Å². The molecule has 116 valence electrons. The molecule has 0 atom stereocenters. The third kappa shape index (κ3) is 1.99. The number of aromatic hydroxyl groups is 1.